The minimum Gasteiger partial charge on any atom is -0.382 e. The van der Waals surface area contributed by atoms with Crippen LogP contribution in [-0.4, -0.2) is 21.3 Å². The SMILES string of the molecule is CCNc1nn(-c2ccc(C(F)(F)F)cn2)c(N)c1C#N. The average molecular weight is 296 g/mol. The largest absolute Gasteiger partial charge is 0.417 e. The molecule has 0 aliphatic rings. The molecule has 110 valence electrons. The van der Waals surface area contributed by atoms with Crippen molar-refractivity contribution in [3.8, 4) is 11.9 Å². The van der Waals surface area contributed by atoms with E-state index in [0.29, 0.717) is 12.7 Å². The van der Waals surface area contributed by atoms with Crippen molar-refractivity contribution in [2.45, 2.75) is 13.1 Å². The Kier molecular flexibility index (Phi) is 3.71. The van der Waals surface area contributed by atoms with Gasteiger partial charge in [-0.2, -0.15) is 23.1 Å². The molecule has 21 heavy (non-hydrogen) atoms. The third-order valence-corrected chi connectivity index (χ3v) is 2.67. The van der Waals surface area contributed by atoms with Gasteiger partial charge < -0.3 is 11.1 Å². The molecule has 0 aromatic carbocycles. The van der Waals surface area contributed by atoms with Gasteiger partial charge >= 0.3 is 6.18 Å². The van der Waals surface area contributed by atoms with E-state index in [0.717, 1.165) is 16.8 Å². The lowest BCUT2D eigenvalue weighted by molar-refractivity contribution is -0.137. The van der Waals surface area contributed by atoms with Crippen LogP contribution in [0.15, 0.2) is 18.3 Å². The Morgan fingerprint density at radius 2 is 2.14 bits per heavy atom. The van der Waals surface area contributed by atoms with E-state index in [1.165, 1.54) is 0 Å². The van der Waals surface area contributed by atoms with Crippen molar-refractivity contribution in [3.05, 3.63) is 29.5 Å². The smallest absolute Gasteiger partial charge is 0.382 e. The van der Waals surface area contributed by atoms with E-state index >= 15 is 0 Å². The molecule has 0 radical (unpaired) electrons. The van der Waals surface area contributed by atoms with E-state index in [4.69, 9.17) is 11.0 Å². The Bertz CT molecular complexity index is 681. The summed E-state index contributed by atoms with van der Waals surface area (Å²) in [5.74, 6) is 0.376. The average Bonchev–Trinajstić information content (AvgIpc) is 2.74. The van der Waals surface area contributed by atoms with Crippen LogP contribution in [0.4, 0.5) is 24.8 Å². The molecule has 0 unspecified atom stereocenters. The van der Waals surface area contributed by atoms with Gasteiger partial charge in [-0.3, -0.25) is 0 Å². The molecule has 2 heterocycles. The number of hydrogen-bond acceptors (Lipinski definition) is 5. The molecule has 6 nitrogen and oxygen atoms in total. The lowest BCUT2D eigenvalue weighted by Gasteiger charge is -2.07. The summed E-state index contributed by atoms with van der Waals surface area (Å²) >= 11 is 0. The maximum atomic E-state index is 12.5. The molecule has 0 aliphatic heterocycles. The number of hydrogen-bond donors (Lipinski definition) is 2. The normalized spacial score (nSPS) is 11.2. The number of nitrogens with one attached hydrogen (secondary N) is 1. The quantitative estimate of drug-likeness (QED) is 0.905. The van der Waals surface area contributed by atoms with E-state index < -0.39 is 11.7 Å². The van der Waals surface area contributed by atoms with Gasteiger partial charge in [0.25, 0.3) is 0 Å². The van der Waals surface area contributed by atoms with Crippen molar-refractivity contribution in [2.24, 2.45) is 0 Å². The zero-order valence-corrected chi connectivity index (χ0v) is 10.9. The van der Waals surface area contributed by atoms with Crippen molar-refractivity contribution in [1.82, 2.24) is 14.8 Å². The van der Waals surface area contributed by atoms with Crippen molar-refractivity contribution >= 4 is 11.6 Å². The van der Waals surface area contributed by atoms with Crippen LogP contribution >= 0.6 is 0 Å². The second-order valence-electron chi connectivity index (χ2n) is 4.07. The van der Waals surface area contributed by atoms with Gasteiger partial charge in [0.15, 0.2) is 11.6 Å². The number of nitrogens with zero attached hydrogens (tertiary/aromatic N) is 4. The van der Waals surface area contributed by atoms with E-state index in [-0.39, 0.29) is 23.0 Å². The van der Waals surface area contributed by atoms with Crippen LogP contribution in [0.25, 0.3) is 5.82 Å². The topological polar surface area (TPSA) is 92.6 Å². The lowest BCUT2D eigenvalue weighted by Crippen LogP contribution is -2.08. The number of alkyl halides is 3. The van der Waals surface area contributed by atoms with Crippen molar-refractivity contribution in [2.75, 3.05) is 17.6 Å². The van der Waals surface area contributed by atoms with Crippen molar-refractivity contribution in [3.63, 3.8) is 0 Å². The summed E-state index contributed by atoms with van der Waals surface area (Å²) in [6.07, 6.45) is -3.77. The summed E-state index contributed by atoms with van der Waals surface area (Å²) < 4.78 is 38.6. The second-order valence-corrected chi connectivity index (χ2v) is 4.07. The minimum atomic E-state index is -4.46. The fourth-order valence-electron chi connectivity index (χ4n) is 1.69. The predicted octanol–water partition coefficient (Wildman–Crippen LogP) is 2.17. The highest BCUT2D eigenvalue weighted by Gasteiger charge is 2.31. The number of halogens is 3. The minimum absolute atomic E-state index is 0.0145. The molecule has 2 aromatic heterocycles. The zero-order valence-electron chi connectivity index (χ0n) is 10.9. The van der Waals surface area contributed by atoms with Crippen LogP contribution in [0.5, 0.6) is 0 Å². The van der Waals surface area contributed by atoms with Crippen LogP contribution in [0.2, 0.25) is 0 Å². The van der Waals surface area contributed by atoms with Gasteiger partial charge in [-0.1, -0.05) is 0 Å². The van der Waals surface area contributed by atoms with Gasteiger partial charge in [-0.25, -0.2) is 4.98 Å². The molecule has 0 bridgehead atoms. The summed E-state index contributed by atoms with van der Waals surface area (Å²) in [6.45, 7) is 2.33. The number of anilines is 2. The molecule has 0 fully saturated rings. The number of aromatic nitrogens is 3. The molecule has 0 saturated heterocycles. The van der Waals surface area contributed by atoms with Gasteiger partial charge in [0, 0.05) is 12.7 Å². The maximum absolute atomic E-state index is 12.5. The first-order chi connectivity index (χ1) is 9.88. The predicted molar refractivity (Wildman–Crippen MR) is 69.7 cm³/mol. The Morgan fingerprint density at radius 1 is 1.43 bits per heavy atom. The Hall–Kier alpha value is -2.76. The monoisotopic (exact) mass is 296 g/mol. The Labute approximate surface area is 118 Å². The molecule has 0 amide bonds. The van der Waals surface area contributed by atoms with Crippen molar-refractivity contribution in [1.29, 1.82) is 5.26 Å². The van der Waals surface area contributed by atoms with Crippen LogP contribution < -0.4 is 11.1 Å². The summed E-state index contributed by atoms with van der Waals surface area (Å²) in [7, 11) is 0. The third kappa shape index (κ3) is 2.74. The highest BCUT2D eigenvalue weighted by Crippen LogP contribution is 2.29. The van der Waals surface area contributed by atoms with Crippen LogP contribution in [-0.2, 0) is 6.18 Å². The number of nitrogen functional groups attached to an aromatic ring is 1. The van der Waals surface area contributed by atoms with Crippen LogP contribution in [0.1, 0.15) is 18.1 Å². The molecule has 0 saturated carbocycles. The summed E-state index contributed by atoms with van der Waals surface area (Å²) in [5, 5.41) is 15.9. The first-order valence-corrected chi connectivity index (χ1v) is 5.94. The molecular formula is C12H11F3N6. The first kappa shape index (κ1) is 14.6. The molecule has 3 N–H and O–H groups in total. The molecule has 0 atom stereocenters. The summed E-state index contributed by atoms with van der Waals surface area (Å²) in [6, 6.07) is 3.92. The van der Waals surface area contributed by atoms with Crippen LogP contribution in [0, 0.1) is 11.3 Å². The molecule has 0 spiro atoms. The fraction of sp³-hybridized carbons (Fsp3) is 0.250. The second kappa shape index (κ2) is 5.32. The van der Waals surface area contributed by atoms with Gasteiger partial charge in [-0.05, 0) is 19.1 Å². The first-order valence-electron chi connectivity index (χ1n) is 5.94. The molecule has 9 heteroatoms. The van der Waals surface area contributed by atoms with Gasteiger partial charge in [-0.15, -0.1) is 5.10 Å². The van der Waals surface area contributed by atoms with E-state index in [2.05, 4.69) is 15.4 Å². The standard InChI is InChI=1S/C12H11F3N6/c1-2-18-11-8(5-16)10(17)21(20-11)9-4-3-7(6-19-9)12(13,14)15/h3-4,6H,2,17H2,1H3,(H,18,20). The molecular weight excluding hydrogens is 285 g/mol. The van der Waals surface area contributed by atoms with Crippen molar-refractivity contribution < 1.29 is 13.2 Å². The summed E-state index contributed by atoms with van der Waals surface area (Å²) in [4.78, 5) is 3.69. The highest BCUT2D eigenvalue weighted by molar-refractivity contribution is 5.65. The zero-order chi connectivity index (χ0) is 15.6. The van der Waals surface area contributed by atoms with Gasteiger partial charge in [0.2, 0.25) is 0 Å². The summed E-state index contributed by atoms with van der Waals surface area (Å²) in [5.41, 5.74) is 5.03. The Morgan fingerprint density at radius 3 is 2.62 bits per heavy atom. The van der Waals surface area contributed by atoms with E-state index in [1.54, 1.807) is 0 Å². The molecule has 0 aliphatic carbocycles. The number of pyridine rings is 1. The number of rotatable bonds is 3. The maximum Gasteiger partial charge on any atom is 0.417 e. The van der Waals surface area contributed by atoms with Gasteiger partial charge in [0.05, 0.1) is 5.56 Å². The number of nitriles is 1. The highest BCUT2D eigenvalue weighted by atomic mass is 19.4. The Balaban J connectivity index is 2.45. The van der Waals surface area contributed by atoms with Crippen LogP contribution in [0.3, 0.4) is 0 Å². The fourth-order valence-corrected chi connectivity index (χ4v) is 1.69. The third-order valence-electron chi connectivity index (χ3n) is 2.67. The van der Waals surface area contributed by atoms with E-state index in [9.17, 15) is 13.2 Å². The molecule has 2 aromatic rings. The molecule has 2 rings (SSSR count). The van der Waals surface area contributed by atoms with E-state index in [1.807, 2.05) is 13.0 Å². The number of nitrogens with two attached hydrogens (primary N) is 1. The van der Waals surface area contributed by atoms with Gasteiger partial charge in [0.1, 0.15) is 17.5 Å². The lowest BCUT2D eigenvalue weighted by atomic mass is 10.3.